The maximum absolute atomic E-state index is 12.4. The second-order valence-electron chi connectivity index (χ2n) is 5.44. The fraction of sp³-hybridized carbons (Fsp3) is 0.562. The third kappa shape index (κ3) is 3.73. The molecule has 0 fully saturated rings. The van der Waals surface area contributed by atoms with Crippen LogP contribution in [0.2, 0.25) is 0 Å². The Morgan fingerprint density at radius 3 is 2.95 bits per heavy atom. The highest BCUT2D eigenvalue weighted by Crippen LogP contribution is 2.24. The third-order valence-electron chi connectivity index (χ3n) is 3.88. The molecule has 4 nitrogen and oxygen atoms in total. The summed E-state index contributed by atoms with van der Waals surface area (Å²) in [6.07, 6.45) is 4.55. The first kappa shape index (κ1) is 14.9. The van der Waals surface area contributed by atoms with Gasteiger partial charge in [-0.3, -0.25) is 4.79 Å². The number of aryl methyl sites for hydroxylation is 1. The second-order valence-corrected chi connectivity index (χ2v) is 5.44. The highest BCUT2D eigenvalue weighted by atomic mass is 16.2. The number of anilines is 1. The van der Waals surface area contributed by atoms with E-state index in [1.54, 1.807) is 0 Å². The van der Waals surface area contributed by atoms with Crippen LogP contribution in [0.25, 0.3) is 0 Å². The predicted molar refractivity (Wildman–Crippen MR) is 80.7 cm³/mol. The number of aliphatic hydroxyl groups is 1. The van der Waals surface area contributed by atoms with Crippen LogP contribution < -0.4 is 5.32 Å². The van der Waals surface area contributed by atoms with Crippen LogP contribution in [0.1, 0.15) is 31.2 Å². The molecule has 0 bridgehead atoms. The molecule has 1 aromatic carbocycles. The average molecular weight is 276 g/mol. The van der Waals surface area contributed by atoms with Crippen LogP contribution in [0.4, 0.5) is 5.69 Å². The van der Waals surface area contributed by atoms with Crippen LogP contribution in [0.15, 0.2) is 24.3 Å². The van der Waals surface area contributed by atoms with E-state index in [1.807, 2.05) is 30.1 Å². The van der Waals surface area contributed by atoms with Crippen molar-refractivity contribution in [2.75, 3.05) is 25.5 Å². The molecule has 0 aromatic heterocycles. The fourth-order valence-electron chi connectivity index (χ4n) is 2.64. The Hall–Kier alpha value is -1.55. The lowest BCUT2D eigenvalue weighted by molar-refractivity contribution is -0.131. The van der Waals surface area contributed by atoms with E-state index in [4.69, 9.17) is 5.11 Å². The number of fused-ring (bicyclic) bond motifs is 1. The van der Waals surface area contributed by atoms with E-state index >= 15 is 0 Å². The molecule has 1 aromatic rings. The van der Waals surface area contributed by atoms with Crippen molar-refractivity contribution in [1.29, 1.82) is 0 Å². The molecule has 0 spiro atoms. The molecule has 110 valence electrons. The SMILES string of the molecule is CN(CCCCCO)C(=O)C1CCc2ccccc2N1. The van der Waals surface area contributed by atoms with E-state index in [0.29, 0.717) is 0 Å². The Kier molecular flexibility index (Phi) is 5.41. The molecule has 1 atom stereocenters. The molecule has 1 amide bonds. The van der Waals surface area contributed by atoms with Crippen LogP contribution in [0.3, 0.4) is 0 Å². The van der Waals surface area contributed by atoms with Gasteiger partial charge in [0.05, 0.1) is 0 Å². The lowest BCUT2D eigenvalue weighted by Crippen LogP contribution is -2.43. The largest absolute Gasteiger partial charge is 0.396 e. The number of nitrogens with one attached hydrogen (secondary N) is 1. The average Bonchev–Trinajstić information content (AvgIpc) is 2.50. The van der Waals surface area contributed by atoms with E-state index < -0.39 is 0 Å². The van der Waals surface area contributed by atoms with Gasteiger partial charge in [-0.25, -0.2) is 0 Å². The molecule has 2 N–H and O–H groups in total. The van der Waals surface area contributed by atoms with E-state index in [9.17, 15) is 4.79 Å². The summed E-state index contributed by atoms with van der Waals surface area (Å²) in [5.41, 5.74) is 2.38. The molecule has 4 heteroatoms. The van der Waals surface area contributed by atoms with Gasteiger partial charge in [-0.1, -0.05) is 18.2 Å². The van der Waals surface area contributed by atoms with Crippen molar-refractivity contribution in [1.82, 2.24) is 4.90 Å². The number of carbonyl (C=O) groups excluding carboxylic acids is 1. The number of unbranched alkanes of at least 4 members (excludes halogenated alkanes) is 2. The number of rotatable bonds is 6. The van der Waals surface area contributed by atoms with Gasteiger partial charge in [-0.15, -0.1) is 0 Å². The summed E-state index contributed by atoms with van der Waals surface area (Å²) in [4.78, 5) is 14.2. The van der Waals surface area contributed by atoms with Gasteiger partial charge in [0.25, 0.3) is 0 Å². The van der Waals surface area contributed by atoms with Gasteiger partial charge < -0.3 is 15.3 Å². The maximum Gasteiger partial charge on any atom is 0.244 e. The minimum Gasteiger partial charge on any atom is -0.396 e. The minimum atomic E-state index is -0.104. The highest BCUT2D eigenvalue weighted by Gasteiger charge is 2.25. The van der Waals surface area contributed by atoms with Crippen molar-refractivity contribution < 1.29 is 9.90 Å². The van der Waals surface area contributed by atoms with Gasteiger partial charge in [-0.05, 0) is 43.7 Å². The number of hydrogen-bond acceptors (Lipinski definition) is 3. The number of likely N-dealkylation sites (N-methyl/N-ethyl adjacent to an activating group) is 1. The van der Waals surface area contributed by atoms with Gasteiger partial charge in [0.15, 0.2) is 0 Å². The summed E-state index contributed by atoms with van der Waals surface area (Å²) in [5, 5.41) is 12.1. The lowest BCUT2D eigenvalue weighted by atomic mass is 9.97. The normalized spacial score (nSPS) is 17.2. The Balaban J connectivity index is 1.84. The molecule has 0 saturated carbocycles. The van der Waals surface area contributed by atoms with E-state index in [1.165, 1.54) is 5.56 Å². The number of aliphatic hydroxyl groups excluding tert-OH is 1. The molecular weight excluding hydrogens is 252 g/mol. The number of hydrogen-bond donors (Lipinski definition) is 2. The van der Waals surface area contributed by atoms with Crippen molar-refractivity contribution in [2.45, 2.75) is 38.1 Å². The predicted octanol–water partition coefficient (Wildman–Crippen LogP) is 2.03. The summed E-state index contributed by atoms with van der Waals surface area (Å²) < 4.78 is 0. The van der Waals surface area contributed by atoms with E-state index in [0.717, 1.165) is 44.3 Å². The fourth-order valence-corrected chi connectivity index (χ4v) is 2.64. The van der Waals surface area contributed by atoms with Crippen LogP contribution in [-0.4, -0.2) is 42.2 Å². The van der Waals surface area contributed by atoms with Gasteiger partial charge in [0.1, 0.15) is 6.04 Å². The number of nitrogens with zero attached hydrogens (tertiary/aromatic N) is 1. The standard InChI is InChI=1S/C16H24N2O2/c1-18(11-5-2-6-12-19)16(20)15-10-9-13-7-3-4-8-14(13)17-15/h3-4,7-8,15,17,19H,2,5-6,9-12H2,1H3. The molecule has 2 rings (SSSR count). The zero-order valence-electron chi connectivity index (χ0n) is 12.1. The lowest BCUT2D eigenvalue weighted by Gasteiger charge is -2.29. The molecule has 1 aliphatic rings. The Labute approximate surface area is 120 Å². The molecule has 1 heterocycles. The van der Waals surface area contributed by atoms with Crippen molar-refractivity contribution in [3.8, 4) is 0 Å². The van der Waals surface area contributed by atoms with Crippen molar-refractivity contribution in [3.63, 3.8) is 0 Å². The van der Waals surface area contributed by atoms with Crippen LogP contribution >= 0.6 is 0 Å². The van der Waals surface area contributed by atoms with Gasteiger partial charge in [-0.2, -0.15) is 0 Å². The molecule has 0 aliphatic carbocycles. The van der Waals surface area contributed by atoms with E-state index in [2.05, 4.69) is 11.4 Å². The second kappa shape index (κ2) is 7.29. The minimum absolute atomic E-state index is 0.104. The molecule has 0 radical (unpaired) electrons. The number of amides is 1. The number of benzene rings is 1. The summed E-state index contributed by atoms with van der Waals surface area (Å²) in [6.45, 7) is 0.997. The van der Waals surface area contributed by atoms with Crippen LogP contribution in [0.5, 0.6) is 0 Å². The molecule has 20 heavy (non-hydrogen) atoms. The monoisotopic (exact) mass is 276 g/mol. The molecule has 1 unspecified atom stereocenters. The number of carbonyl (C=O) groups is 1. The summed E-state index contributed by atoms with van der Waals surface area (Å²) >= 11 is 0. The van der Waals surface area contributed by atoms with Crippen LogP contribution in [0, 0.1) is 0 Å². The van der Waals surface area contributed by atoms with Crippen molar-refractivity contribution >= 4 is 11.6 Å². The maximum atomic E-state index is 12.4. The first-order chi connectivity index (χ1) is 9.72. The zero-order chi connectivity index (χ0) is 14.4. The van der Waals surface area contributed by atoms with E-state index in [-0.39, 0.29) is 18.6 Å². The highest BCUT2D eigenvalue weighted by molar-refractivity contribution is 5.85. The molecular formula is C16H24N2O2. The zero-order valence-corrected chi connectivity index (χ0v) is 12.1. The first-order valence-electron chi connectivity index (χ1n) is 7.42. The Morgan fingerprint density at radius 2 is 2.15 bits per heavy atom. The third-order valence-corrected chi connectivity index (χ3v) is 3.88. The Bertz CT molecular complexity index is 448. The smallest absolute Gasteiger partial charge is 0.244 e. The van der Waals surface area contributed by atoms with Crippen LogP contribution in [-0.2, 0) is 11.2 Å². The summed E-state index contributed by atoms with van der Waals surface area (Å²) in [7, 11) is 1.86. The van der Waals surface area contributed by atoms with Crippen molar-refractivity contribution in [2.24, 2.45) is 0 Å². The first-order valence-corrected chi connectivity index (χ1v) is 7.42. The number of para-hydroxylation sites is 1. The topological polar surface area (TPSA) is 52.6 Å². The molecule has 1 aliphatic heterocycles. The van der Waals surface area contributed by atoms with Gasteiger partial charge in [0.2, 0.25) is 5.91 Å². The summed E-state index contributed by atoms with van der Waals surface area (Å²) in [6, 6.07) is 8.08. The van der Waals surface area contributed by atoms with Gasteiger partial charge >= 0.3 is 0 Å². The van der Waals surface area contributed by atoms with Crippen molar-refractivity contribution in [3.05, 3.63) is 29.8 Å². The molecule has 0 saturated heterocycles. The Morgan fingerprint density at radius 1 is 1.35 bits per heavy atom. The summed E-state index contributed by atoms with van der Waals surface area (Å²) in [5.74, 6) is 0.170. The van der Waals surface area contributed by atoms with Gasteiger partial charge in [0, 0.05) is 25.9 Å². The quantitative estimate of drug-likeness (QED) is 0.782.